The first-order chi connectivity index (χ1) is 14.5. The van der Waals surface area contributed by atoms with Crippen molar-refractivity contribution >= 4 is 46.0 Å². The number of halogens is 1. The Morgan fingerprint density at radius 1 is 0.967 bits per heavy atom. The van der Waals surface area contributed by atoms with Gasteiger partial charge in [-0.1, -0.05) is 42.5 Å². The van der Waals surface area contributed by atoms with Crippen LogP contribution in [0.1, 0.15) is 5.56 Å². The molecule has 6 nitrogen and oxygen atoms in total. The van der Waals surface area contributed by atoms with Crippen LogP contribution in [0.3, 0.4) is 0 Å². The van der Waals surface area contributed by atoms with Crippen LogP contribution < -0.4 is 20.9 Å². The lowest BCUT2D eigenvalue weighted by molar-refractivity contribution is -0.123. The van der Waals surface area contributed by atoms with Gasteiger partial charge in [0.05, 0.1) is 0 Å². The summed E-state index contributed by atoms with van der Waals surface area (Å²) in [5.74, 6) is -0.770. The predicted octanol–water partition coefficient (Wildman–Crippen LogP) is 3.09. The first kappa shape index (κ1) is 20.9. The van der Waals surface area contributed by atoms with Gasteiger partial charge in [0.15, 0.2) is 11.7 Å². The van der Waals surface area contributed by atoms with Crippen LogP contribution in [0.2, 0.25) is 0 Å². The average molecular weight is 423 g/mol. The number of fused-ring (bicyclic) bond motifs is 1. The number of hydrazine groups is 1. The van der Waals surface area contributed by atoms with E-state index < -0.39 is 11.8 Å². The van der Waals surface area contributed by atoms with Crippen molar-refractivity contribution < 1.29 is 18.7 Å². The molecule has 0 heterocycles. The lowest BCUT2D eigenvalue weighted by Crippen LogP contribution is -2.49. The largest absolute Gasteiger partial charge is 0.484 e. The van der Waals surface area contributed by atoms with Gasteiger partial charge in [-0.05, 0) is 58.9 Å². The molecule has 0 saturated carbocycles. The van der Waals surface area contributed by atoms with E-state index in [4.69, 9.17) is 17.0 Å². The topological polar surface area (TPSA) is 79.5 Å². The van der Waals surface area contributed by atoms with Crippen LogP contribution in [-0.4, -0.2) is 23.5 Å². The summed E-state index contributed by atoms with van der Waals surface area (Å²) in [4.78, 5) is 23.7. The highest BCUT2D eigenvalue weighted by Crippen LogP contribution is 2.20. The Labute approximate surface area is 177 Å². The first-order valence-corrected chi connectivity index (χ1v) is 9.35. The van der Waals surface area contributed by atoms with E-state index in [1.165, 1.54) is 36.4 Å². The Kier molecular flexibility index (Phi) is 7.07. The van der Waals surface area contributed by atoms with Gasteiger partial charge < -0.3 is 4.74 Å². The van der Waals surface area contributed by atoms with Crippen LogP contribution >= 0.6 is 12.2 Å². The van der Waals surface area contributed by atoms with Crippen molar-refractivity contribution in [2.75, 3.05) is 6.61 Å². The van der Waals surface area contributed by atoms with E-state index in [1.807, 2.05) is 36.4 Å². The third-order valence-corrected chi connectivity index (χ3v) is 4.14. The summed E-state index contributed by atoms with van der Waals surface area (Å²) < 4.78 is 18.3. The number of hydrogen-bond donors (Lipinski definition) is 3. The summed E-state index contributed by atoms with van der Waals surface area (Å²) in [6.45, 7) is -0.230. The molecular formula is C22H18FN3O3S. The molecule has 3 rings (SSSR count). The molecule has 0 unspecified atom stereocenters. The Hall–Kier alpha value is -3.78. The van der Waals surface area contributed by atoms with Gasteiger partial charge in [-0.3, -0.25) is 25.8 Å². The van der Waals surface area contributed by atoms with Gasteiger partial charge in [0, 0.05) is 6.08 Å². The summed E-state index contributed by atoms with van der Waals surface area (Å²) in [6.07, 6.45) is 2.75. The van der Waals surface area contributed by atoms with Gasteiger partial charge in [0.2, 0.25) is 5.91 Å². The van der Waals surface area contributed by atoms with Crippen LogP contribution in [0.15, 0.2) is 72.8 Å². The minimum absolute atomic E-state index is 0.0807. The molecule has 0 fully saturated rings. The van der Waals surface area contributed by atoms with Gasteiger partial charge in [0.25, 0.3) is 5.91 Å². The van der Waals surface area contributed by atoms with Gasteiger partial charge in [0.1, 0.15) is 11.6 Å². The van der Waals surface area contributed by atoms with E-state index in [9.17, 15) is 14.0 Å². The Morgan fingerprint density at radius 2 is 1.70 bits per heavy atom. The van der Waals surface area contributed by atoms with E-state index >= 15 is 0 Å². The summed E-state index contributed by atoms with van der Waals surface area (Å²) in [5, 5.41) is 4.38. The fourth-order valence-corrected chi connectivity index (χ4v) is 2.65. The highest BCUT2D eigenvalue weighted by molar-refractivity contribution is 7.80. The molecule has 0 radical (unpaired) electrons. The standard InChI is InChI=1S/C22H18FN3O3S/c23-18-9-5-15(6-10-18)7-12-20(27)24-22(30)26-25-21(28)14-29-19-11-8-16-3-1-2-4-17(16)13-19/h1-13H,14H2,(H,25,28)(H2,24,26,27,30)/b12-7+. The molecule has 0 atom stereocenters. The highest BCUT2D eigenvalue weighted by Gasteiger charge is 2.06. The van der Waals surface area contributed by atoms with Crippen molar-refractivity contribution in [1.82, 2.24) is 16.2 Å². The number of carbonyl (C=O) groups excluding carboxylic acids is 2. The number of rotatable bonds is 5. The molecular weight excluding hydrogens is 405 g/mol. The van der Waals surface area contributed by atoms with Crippen molar-refractivity contribution in [2.24, 2.45) is 0 Å². The number of thiocarbonyl (C=S) groups is 1. The summed E-state index contributed by atoms with van der Waals surface area (Å²) in [7, 11) is 0. The van der Waals surface area contributed by atoms with E-state index in [1.54, 1.807) is 6.07 Å². The maximum atomic E-state index is 12.8. The molecule has 0 aromatic heterocycles. The van der Waals surface area contributed by atoms with Gasteiger partial charge in [-0.15, -0.1) is 0 Å². The number of ether oxygens (including phenoxy) is 1. The van der Waals surface area contributed by atoms with Gasteiger partial charge >= 0.3 is 0 Å². The van der Waals surface area contributed by atoms with E-state index in [-0.39, 0.29) is 17.5 Å². The van der Waals surface area contributed by atoms with Crippen LogP contribution in [0.25, 0.3) is 16.8 Å². The number of amides is 2. The van der Waals surface area contributed by atoms with Gasteiger partial charge in [-0.2, -0.15) is 0 Å². The maximum absolute atomic E-state index is 12.8. The third kappa shape index (κ3) is 6.39. The zero-order valence-corrected chi connectivity index (χ0v) is 16.5. The molecule has 0 aliphatic carbocycles. The molecule has 0 bridgehead atoms. The molecule has 8 heteroatoms. The molecule has 0 aliphatic rings. The summed E-state index contributed by atoms with van der Waals surface area (Å²) >= 11 is 4.95. The molecule has 3 aromatic carbocycles. The Bertz CT molecular complexity index is 1100. The monoisotopic (exact) mass is 423 g/mol. The predicted molar refractivity (Wildman–Crippen MR) is 117 cm³/mol. The van der Waals surface area contributed by atoms with Crippen molar-refractivity contribution in [1.29, 1.82) is 0 Å². The average Bonchev–Trinajstić information content (AvgIpc) is 2.75. The van der Waals surface area contributed by atoms with Gasteiger partial charge in [-0.25, -0.2) is 4.39 Å². The molecule has 2 amide bonds. The number of nitrogens with one attached hydrogen (secondary N) is 3. The van der Waals surface area contributed by atoms with Crippen molar-refractivity contribution in [3.05, 3.63) is 84.2 Å². The summed E-state index contributed by atoms with van der Waals surface area (Å²) in [6, 6.07) is 19.0. The van der Waals surface area contributed by atoms with Crippen LogP contribution in [0.4, 0.5) is 4.39 Å². The van der Waals surface area contributed by atoms with Crippen molar-refractivity contribution in [2.45, 2.75) is 0 Å². The zero-order valence-electron chi connectivity index (χ0n) is 15.7. The highest BCUT2D eigenvalue weighted by atomic mass is 32.1. The van der Waals surface area contributed by atoms with Crippen LogP contribution in [-0.2, 0) is 9.59 Å². The van der Waals surface area contributed by atoms with Crippen LogP contribution in [0, 0.1) is 5.82 Å². The molecule has 0 saturated heterocycles. The number of benzene rings is 3. The molecule has 30 heavy (non-hydrogen) atoms. The molecule has 0 spiro atoms. The number of hydrogen-bond acceptors (Lipinski definition) is 4. The van der Waals surface area contributed by atoms with E-state index in [0.29, 0.717) is 11.3 Å². The van der Waals surface area contributed by atoms with Crippen LogP contribution in [0.5, 0.6) is 5.75 Å². The molecule has 152 valence electrons. The minimum atomic E-state index is -0.501. The van der Waals surface area contributed by atoms with Crippen molar-refractivity contribution in [3.63, 3.8) is 0 Å². The molecule has 3 N–H and O–H groups in total. The summed E-state index contributed by atoms with van der Waals surface area (Å²) in [5.41, 5.74) is 5.42. The lowest BCUT2D eigenvalue weighted by atomic mass is 10.1. The van der Waals surface area contributed by atoms with E-state index in [2.05, 4.69) is 16.2 Å². The molecule has 0 aliphatic heterocycles. The lowest BCUT2D eigenvalue weighted by Gasteiger charge is -2.11. The fraction of sp³-hybridized carbons (Fsp3) is 0.0455. The second-order valence-electron chi connectivity index (χ2n) is 6.17. The quantitative estimate of drug-likeness (QED) is 0.334. The number of carbonyl (C=O) groups is 2. The Balaban J connectivity index is 1.39. The maximum Gasteiger partial charge on any atom is 0.276 e. The normalized spacial score (nSPS) is 10.6. The zero-order chi connectivity index (χ0) is 21.3. The second-order valence-corrected chi connectivity index (χ2v) is 6.58. The second kappa shape index (κ2) is 10.1. The molecule has 3 aromatic rings. The third-order valence-electron chi connectivity index (χ3n) is 3.94. The fourth-order valence-electron chi connectivity index (χ4n) is 2.50. The van der Waals surface area contributed by atoms with E-state index in [0.717, 1.165) is 10.8 Å². The minimum Gasteiger partial charge on any atom is -0.484 e. The van der Waals surface area contributed by atoms with Crippen molar-refractivity contribution in [3.8, 4) is 5.75 Å². The smallest absolute Gasteiger partial charge is 0.276 e. The Morgan fingerprint density at radius 3 is 2.47 bits per heavy atom. The SMILES string of the molecule is O=C(/C=C/c1ccc(F)cc1)NC(=S)NNC(=O)COc1ccc2ccccc2c1. The first-order valence-electron chi connectivity index (χ1n) is 8.95.